The molecule has 0 radical (unpaired) electrons. The second kappa shape index (κ2) is 4.24. The van der Waals surface area contributed by atoms with E-state index in [-0.39, 0.29) is 11.0 Å². The van der Waals surface area contributed by atoms with Crippen LogP contribution in [0, 0.1) is 5.41 Å². The van der Waals surface area contributed by atoms with E-state index >= 15 is 0 Å². The smallest absolute Gasteiger partial charge is 0.130 e. The lowest BCUT2D eigenvalue weighted by Crippen LogP contribution is -2.36. The van der Waals surface area contributed by atoms with Crippen molar-refractivity contribution in [1.29, 1.82) is 0 Å². The van der Waals surface area contributed by atoms with Crippen LogP contribution in [0.25, 0.3) is 10.8 Å². The van der Waals surface area contributed by atoms with Gasteiger partial charge in [-0.25, -0.2) is 0 Å². The molecule has 2 aromatic rings. The molecule has 1 heterocycles. The lowest BCUT2D eigenvalue weighted by Gasteiger charge is -2.27. The van der Waals surface area contributed by atoms with Crippen LogP contribution in [0.15, 0.2) is 42.5 Å². The maximum atomic E-state index is 5.94. The minimum Gasteiger partial charge on any atom is -0.490 e. The predicted molar refractivity (Wildman–Crippen MR) is 77.6 cm³/mol. The maximum absolute atomic E-state index is 5.94. The second-order valence-electron chi connectivity index (χ2n) is 6.33. The van der Waals surface area contributed by atoms with Crippen LogP contribution in [0.1, 0.15) is 20.8 Å². The molecule has 0 amide bonds. The highest BCUT2D eigenvalue weighted by Gasteiger charge is 2.55. The van der Waals surface area contributed by atoms with Crippen LogP contribution in [0.5, 0.6) is 5.75 Å². The molecule has 0 aromatic heterocycles. The molecule has 1 fully saturated rings. The van der Waals surface area contributed by atoms with Gasteiger partial charge in [0.1, 0.15) is 18.0 Å². The first-order valence-electron chi connectivity index (χ1n) is 6.76. The Balaban J connectivity index is 1.76. The monoisotopic (exact) mass is 256 g/mol. The quantitative estimate of drug-likeness (QED) is 0.773. The van der Waals surface area contributed by atoms with Crippen molar-refractivity contribution in [2.75, 3.05) is 13.2 Å². The zero-order chi connectivity index (χ0) is 13.5. The summed E-state index contributed by atoms with van der Waals surface area (Å²) in [6.07, 6.45) is 0. The Hall–Kier alpha value is -1.54. The number of benzene rings is 2. The summed E-state index contributed by atoms with van der Waals surface area (Å²) in [6.45, 7) is 8.01. The van der Waals surface area contributed by atoms with Crippen molar-refractivity contribution >= 4 is 10.8 Å². The Bertz CT molecular complexity index is 591. The van der Waals surface area contributed by atoms with Crippen LogP contribution in [0.2, 0.25) is 0 Å². The standard InChI is InChI=1S/C17H20O2/c1-16(2,3)17(12-19-17)11-18-15-9-8-13-6-4-5-7-14(13)10-15/h4-10H,11-12H2,1-3H3. The molecule has 0 saturated carbocycles. The molecule has 1 aliphatic heterocycles. The first-order valence-corrected chi connectivity index (χ1v) is 6.76. The van der Waals surface area contributed by atoms with Gasteiger partial charge in [-0.15, -0.1) is 0 Å². The highest BCUT2D eigenvalue weighted by Crippen LogP contribution is 2.44. The Morgan fingerprint density at radius 3 is 2.42 bits per heavy atom. The highest BCUT2D eigenvalue weighted by molar-refractivity contribution is 5.83. The third-order valence-corrected chi connectivity index (χ3v) is 4.05. The van der Waals surface area contributed by atoms with Gasteiger partial charge in [0.2, 0.25) is 0 Å². The topological polar surface area (TPSA) is 21.8 Å². The lowest BCUT2D eigenvalue weighted by molar-refractivity contribution is 0.0935. The van der Waals surface area contributed by atoms with Crippen LogP contribution in [-0.4, -0.2) is 18.8 Å². The van der Waals surface area contributed by atoms with E-state index in [0.29, 0.717) is 6.61 Å². The fourth-order valence-electron chi connectivity index (χ4n) is 2.28. The molecule has 1 atom stereocenters. The van der Waals surface area contributed by atoms with E-state index in [1.807, 2.05) is 12.1 Å². The molecule has 19 heavy (non-hydrogen) atoms. The van der Waals surface area contributed by atoms with Crippen LogP contribution in [0.3, 0.4) is 0 Å². The lowest BCUT2D eigenvalue weighted by atomic mass is 9.81. The Morgan fingerprint density at radius 2 is 1.79 bits per heavy atom. The SMILES string of the molecule is CC(C)(C)C1(COc2ccc3ccccc3c2)CO1. The molecular formula is C17H20O2. The summed E-state index contributed by atoms with van der Waals surface area (Å²) in [5.74, 6) is 0.915. The first kappa shape index (κ1) is 12.5. The summed E-state index contributed by atoms with van der Waals surface area (Å²) in [7, 11) is 0. The van der Waals surface area contributed by atoms with Crippen molar-refractivity contribution in [2.45, 2.75) is 26.4 Å². The summed E-state index contributed by atoms with van der Waals surface area (Å²) in [5, 5.41) is 2.45. The van der Waals surface area contributed by atoms with Crippen LogP contribution in [0.4, 0.5) is 0 Å². The van der Waals surface area contributed by atoms with Gasteiger partial charge in [0.15, 0.2) is 0 Å². The summed E-state index contributed by atoms with van der Waals surface area (Å²) < 4.78 is 11.6. The molecule has 1 saturated heterocycles. The Kier molecular flexibility index (Phi) is 2.79. The normalized spacial score (nSPS) is 22.5. The minimum absolute atomic E-state index is 0.112. The average Bonchev–Trinajstić information content (AvgIpc) is 3.17. The second-order valence-corrected chi connectivity index (χ2v) is 6.33. The van der Waals surface area contributed by atoms with Gasteiger partial charge in [0.05, 0.1) is 6.61 Å². The summed E-state index contributed by atoms with van der Waals surface area (Å²) in [4.78, 5) is 0. The molecule has 2 heteroatoms. The van der Waals surface area contributed by atoms with Gasteiger partial charge in [0, 0.05) is 0 Å². The van der Waals surface area contributed by atoms with Crippen LogP contribution in [-0.2, 0) is 4.74 Å². The zero-order valence-corrected chi connectivity index (χ0v) is 11.8. The molecule has 3 rings (SSSR count). The van der Waals surface area contributed by atoms with Gasteiger partial charge in [-0.3, -0.25) is 0 Å². The van der Waals surface area contributed by atoms with Crippen molar-refractivity contribution in [1.82, 2.24) is 0 Å². The molecule has 0 spiro atoms. The number of fused-ring (bicyclic) bond motifs is 1. The van der Waals surface area contributed by atoms with E-state index in [2.05, 4.69) is 51.1 Å². The fourth-order valence-corrected chi connectivity index (χ4v) is 2.28. The molecule has 1 aliphatic rings. The average molecular weight is 256 g/mol. The molecule has 2 nitrogen and oxygen atoms in total. The summed E-state index contributed by atoms with van der Waals surface area (Å²) >= 11 is 0. The zero-order valence-electron chi connectivity index (χ0n) is 11.8. The van der Waals surface area contributed by atoms with Gasteiger partial charge in [-0.2, -0.15) is 0 Å². The van der Waals surface area contributed by atoms with E-state index in [1.165, 1.54) is 10.8 Å². The van der Waals surface area contributed by atoms with Crippen molar-refractivity contribution < 1.29 is 9.47 Å². The number of hydrogen-bond donors (Lipinski definition) is 0. The molecule has 100 valence electrons. The number of hydrogen-bond acceptors (Lipinski definition) is 2. The van der Waals surface area contributed by atoms with E-state index in [9.17, 15) is 0 Å². The Labute approximate surface area is 114 Å². The predicted octanol–water partition coefficient (Wildman–Crippen LogP) is 4.03. The van der Waals surface area contributed by atoms with E-state index in [0.717, 1.165) is 12.4 Å². The highest BCUT2D eigenvalue weighted by atomic mass is 16.6. The van der Waals surface area contributed by atoms with Crippen molar-refractivity contribution in [2.24, 2.45) is 5.41 Å². The van der Waals surface area contributed by atoms with Gasteiger partial charge in [-0.1, -0.05) is 51.1 Å². The Morgan fingerprint density at radius 1 is 1.11 bits per heavy atom. The van der Waals surface area contributed by atoms with Crippen molar-refractivity contribution in [3.63, 3.8) is 0 Å². The maximum Gasteiger partial charge on any atom is 0.130 e. The third kappa shape index (κ3) is 2.33. The molecule has 1 unspecified atom stereocenters. The van der Waals surface area contributed by atoms with Crippen LogP contribution < -0.4 is 4.74 Å². The third-order valence-electron chi connectivity index (χ3n) is 4.05. The molecule has 2 aromatic carbocycles. The molecule has 0 aliphatic carbocycles. The van der Waals surface area contributed by atoms with Crippen molar-refractivity contribution in [3.8, 4) is 5.75 Å². The van der Waals surface area contributed by atoms with Gasteiger partial charge in [-0.05, 0) is 28.3 Å². The van der Waals surface area contributed by atoms with Gasteiger partial charge >= 0.3 is 0 Å². The van der Waals surface area contributed by atoms with Gasteiger partial charge in [0.25, 0.3) is 0 Å². The summed E-state index contributed by atoms with van der Waals surface area (Å²) in [5.41, 5.74) is 0.00247. The largest absolute Gasteiger partial charge is 0.490 e. The molecule has 0 N–H and O–H groups in total. The number of rotatable bonds is 3. The first-order chi connectivity index (χ1) is 9.00. The van der Waals surface area contributed by atoms with E-state index in [1.54, 1.807) is 0 Å². The van der Waals surface area contributed by atoms with E-state index < -0.39 is 0 Å². The fraction of sp³-hybridized carbons (Fsp3) is 0.412. The number of epoxide rings is 1. The summed E-state index contributed by atoms with van der Waals surface area (Å²) in [6, 6.07) is 14.5. The van der Waals surface area contributed by atoms with Gasteiger partial charge < -0.3 is 9.47 Å². The molecule has 0 bridgehead atoms. The van der Waals surface area contributed by atoms with Crippen LogP contribution >= 0.6 is 0 Å². The molecular weight excluding hydrogens is 236 g/mol. The van der Waals surface area contributed by atoms with Crippen molar-refractivity contribution in [3.05, 3.63) is 42.5 Å². The number of ether oxygens (including phenoxy) is 2. The minimum atomic E-state index is -0.112. The van der Waals surface area contributed by atoms with E-state index in [4.69, 9.17) is 9.47 Å².